The molecule has 0 amide bonds. The molecule has 1 aliphatic rings. The molecule has 0 N–H and O–H groups in total. The van der Waals surface area contributed by atoms with Crippen molar-refractivity contribution in [3.63, 3.8) is 0 Å². The van der Waals surface area contributed by atoms with Crippen molar-refractivity contribution in [1.82, 2.24) is 9.97 Å². The average molecular weight is 243 g/mol. The predicted octanol–water partition coefficient (Wildman–Crippen LogP) is 3.39. The molecule has 1 aromatic rings. The van der Waals surface area contributed by atoms with Crippen molar-refractivity contribution in [3.8, 4) is 0 Å². The standard InChI is InChI=1S/C11H15ClN2S/c12-5-9-6-13-11(14-7-9)8-15-10-3-1-2-4-10/h6-7,10H,1-5,8H2. The Morgan fingerprint density at radius 1 is 1.27 bits per heavy atom. The quantitative estimate of drug-likeness (QED) is 0.757. The highest BCUT2D eigenvalue weighted by molar-refractivity contribution is 7.99. The van der Waals surface area contributed by atoms with Crippen LogP contribution in [0.25, 0.3) is 0 Å². The normalized spacial score (nSPS) is 17.1. The molecule has 0 aliphatic heterocycles. The molecule has 0 aromatic carbocycles. The van der Waals surface area contributed by atoms with Gasteiger partial charge in [0, 0.05) is 23.2 Å². The molecule has 0 bridgehead atoms. The lowest BCUT2D eigenvalue weighted by Crippen LogP contribution is -1.98. The van der Waals surface area contributed by atoms with Crippen LogP contribution in [-0.4, -0.2) is 15.2 Å². The predicted molar refractivity (Wildman–Crippen MR) is 65.1 cm³/mol. The molecule has 1 aromatic heterocycles. The Bertz CT molecular complexity index is 296. The first kappa shape index (κ1) is 11.2. The van der Waals surface area contributed by atoms with Gasteiger partial charge in [0.1, 0.15) is 5.82 Å². The highest BCUT2D eigenvalue weighted by Gasteiger charge is 2.15. The lowest BCUT2D eigenvalue weighted by Gasteiger charge is -2.07. The molecule has 1 saturated carbocycles. The fourth-order valence-electron chi connectivity index (χ4n) is 1.77. The summed E-state index contributed by atoms with van der Waals surface area (Å²) in [6.07, 6.45) is 9.16. The van der Waals surface area contributed by atoms with Gasteiger partial charge in [-0.05, 0) is 12.8 Å². The van der Waals surface area contributed by atoms with Crippen LogP contribution in [0, 0.1) is 0 Å². The third-order valence-electron chi connectivity index (χ3n) is 2.66. The lowest BCUT2D eigenvalue weighted by molar-refractivity contribution is 0.886. The number of hydrogen-bond donors (Lipinski definition) is 0. The van der Waals surface area contributed by atoms with Crippen molar-refractivity contribution in [3.05, 3.63) is 23.8 Å². The number of thioether (sulfide) groups is 1. The molecule has 0 radical (unpaired) electrons. The van der Waals surface area contributed by atoms with Crippen LogP contribution in [0.2, 0.25) is 0 Å². The van der Waals surface area contributed by atoms with E-state index < -0.39 is 0 Å². The maximum absolute atomic E-state index is 5.67. The minimum absolute atomic E-state index is 0.496. The van der Waals surface area contributed by atoms with Crippen LogP contribution in [-0.2, 0) is 11.6 Å². The SMILES string of the molecule is ClCc1cnc(CSC2CCCC2)nc1. The van der Waals surface area contributed by atoms with E-state index >= 15 is 0 Å². The Morgan fingerprint density at radius 2 is 1.93 bits per heavy atom. The fourth-order valence-corrected chi connectivity index (χ4v) is 3.11. The molecule has 1 heterocycles. The third-order valence-corrected chi connectivity index (χ3v) is 4.34. The van der Waals surface area contributed by atoms with Gasteiger partial charge in [0.2, 0.25) is 0 Å². The van der Waals surface area contributed by atoms with Crippen LogP contribution in [0.1, 0.15) is 37.1 Å². The maximum atomic E-state index is 5.67. The van der Waals surface area contributed by atoms with E-state index in [4.69, 9.17) is 11.6 Å². The second-order valence-electron chi connectivity index (χ2n) is 3.86. The molecule has 0 spiro atoms. The van der Waals surface area contributed by atoms with Gasteiger partial charge >= 0.3 is 0 Å². The zero-order valence-electron chi connectivity index (χ0n) is 8.66. The average Bonchev–Trinajstić information content (AvgIpc) is 2.80. The molecule has 82 valence electrons. The molecular formula is C11H15ClN2S. The summed E-state index contributed by atoms with van der Waals surface area (Å²) in [5.41, 5.74) is 0.992. The number of alkyl halides is 1. The molecule has 1 aliphatic carbocycles. The van der Waals surface area contributed by atoms with Crippen LogP contribution in [0.5, 0.6) is 0 Å². The Balaban J connectivity index is 1.82. The van der Waals surface area contributed by atoms with Crippen LogP contribution in [0.15, 0.2) is 12.4 Å². The third kappa shape index (κ3) is 3.35. The summed E-state index contributed by atoms with van der Waals surface area (Å²) in [7, 11) is 0. The van der Waals surface area contributed by atoms with Crippen LogP contribution in [0.4, 0.5) is 0 Å². The molecule has 1 fully saturated rings. The van der Waals surface area contributed by atoms with Crippen LogP contribution >= 0.6 is 23.4 Å². The topological polar surface area (TPSA) is 25.8 Å². The van der Waals surface area contributed by atoms with E-state index in [0.29, 0.717) is 5.88 Å². The highest BCUT2D eigenvalue weighted by Crippen LogP contribution is 2.30. The first-order valence-electron chi connectivity index (χ1n) is 5.36. The van der Waals surface area contributed by atoms with Gasteiger partial charge in [-0.15, -0.1) is 11.6 Å². The van der Waals surface area contributed by atoms with Gasteiger partial charge in [0.25, 0.3) is 0 Å². The van der Waals surface area contributed by atoms with E-state index in [9.17, 15) is 0 Å². The van der Waals surface area contributed by atoms with Crippen molar-refractivity contribution in [2.75, 3.05) is 0 Å². The largest absolute Gasteiger partial charge is 0.240 e. The van der Waals surface area contributed by atoms with Crippen molar-refractivity contribution in [2.24, 2.45) is 0 Å². The molecule has 0 unspecified atom stereocenters. The Morgan fingerprint density at radius 3 is 2.53 bits per heavy atom. The smallest absolute Gasteiger partial charge is 0.138 e. The minimum Gasteiger partial charge on any atom is -0.240 e. The van der Waals surface area contributed by atoms with Gasteiger partial charge in [-0.3, -0.25) is 0 Å². The zero-order chi connectivity index (χ0) is 10.5. The van der Waals surface area contributed by atoms with Crippen LogP contribution < -0.4 is 0 Å². The minimum atomic E-state index is 0.496. The Hall–Kier alpha value is -0.280. The molecule has 4 heteroatoms. The second-order valence-corrected chi connectivity index (χ2v) is 5.41. The van der Waals surface area contributed by atoms with E-state index in [-0.39, 0.29) is 0 Å². The second kappa shape index (κ2) is 5.71. The number of halogens is 1. The van der Waals surface area contributed by atoms with Crippen molar-refractivity contribution < 1.29 is 0 Å². The van der Waals surface area contributed by atoms with Crippen molar-refractivity contribution in [1.29, 1.82) is 0 Å². The van der Waals surface area contributed by atoms with E-state index in [2.05, 4.69) is 9.97 Å². The van der Waals surface area contributed by atoms with Gasteiger partial charge in [-0.25, -0.2) is 9.97 Å². The fraction of sp³-hybridized carbons (Fsp3) is 0.636. The highest BCUT2D eigenvalue weighted by atomic mass is 35.5. The van der Waals surface area contributed by atoms with E-state index in [0.717, 1.165) is 22.4 Å². The van der Waals surface area contributed by atoms with Gasteiger partial charge in [0.15, 0.2) is 0 Å². The van der Waals surface area contributed by atoms with E-state index in [1.807, 2.05) is 24.2 Å². The summed E-state index contributed by atoms with van der Waals surface area (Å²) in [6.45, 7) is 0. The number of nitrogens with zero attached hydrogens (tertiary/aromatic N) is 2. The summed E-state index contributed by atoms with van der Waals surface area (Å²) < 4.78 is 0. The van der Waals surface area contributed by atoms with Gasteiger partial charge in [-0.2, -0.15) is 11.8 Å². The lowest BCUT2D eigenvalue weighted by atomic mass is 10.4. The van der Waals surface area contributed by atoms with Crippen molar-refractivity contribution >= 4 is 23.4 Å². The molecule has 0 saturated heterocycles. The van der Waals surface area contributed by atoms with Gasteiger partial charge in [0.05, 0.1) is 11.6 Å². The molecule has 2 nitrogen and oxygen atoms in total. The van der Waals surface area contributed by atoms with Gasteiger partial charge in [-0.1, -0.05) is 12.8 Å². The number of rotatable bonds is 4. The monoisotopic (exact) mass is 242 g/mol. The zero-order valence-corrected chi connectivity index (χ0v) is 10.2. The van der Waals surface area contributed by atoms with Crippen LogP contribution in [0.3, 0.4) is 0 Å². The first-order chi connectivity index (χ1) is 7.38. The number of aromatic nitrogens is 2. The van der Waals surface area contributed by atoms with E-state index in [1.165, 1.54) is 25.7 Å². The summed E-state index contributed by atoms with van der Waals surface area (Å²) in [6, 6.07) is 0. The molecular weight excluding hydrogens is 228 g/mol. The molecule has 2 rings (SSSR count). The van der Waals surface area contributed by atoms with Crippen molar-refractivity contribution in [2.45, 2.75) is 42.6 Å². The Kier molecular flexibility index (Phi) is 4.27. The molecule has 15 heavy (non-hydrogen) atoms. The summed E-state index contributed by atoms with van der Waals surface area (Å²) in [4.78, 5) is 8.59. The summed E-state index contributed by atoms with van der Waals surface area (Å²) >= 11 is 7.67. The Labute approximate surface area is 99.8 Å². The maximum Gasteiger partial charge on any atom is 0.138 e. The number of hydrogen-bond acceptors (Lipinski definition) is 3. The summed E-state index contributed by atoms with van der Waals surface area (Å²) in [5, 5.41) is 0.835. The van der Waals surface area contributed by atoms with E-state index in [1.54, 1.807) is 0 Å². The summed E-state index contributed by atoms with van der Waals surface area (Å²) in [5.74, 6) is 2.37. The molecule has 0 atom stereocenters. The first-order valence-corrected chi connectivity index (χ1v) is 6.94. The van der Waals surface area contributed by atoms with Gasteiger partial charge < -0.3 is 0 Å².